The third-order valence-electron chi connectivity index (χ3n) is 3.33. The van der Waals surface area contributed by atoms with E-state index >= 15 is 0 Å². The molecule has 0 radical (unpaired) electrons. The fourth-order valence-corrected chi connectivity index (χ4v) is 3.47. The first kappa shape index (κ1) is 12.3. The Hall–Kier alpha value is -1.20. The number of nitrogens with two attached hydrogens (primary N) is 1. The van der Waals surface area contributed by atoms with Gasteiger partial charge in [-0.3, -0.25) is 4.79 Å². The standard InChI is InChI=1S/C12H15NO3S/c1-17(15,16)12(6-7-12)10-4-2-9(3-5-10)11(14)8-13/h2-5H,6-8,13H2,1H3. The lowest BCUT2D eigenvalue weighted by atomic mass is 10.1. The average molecular weight is 253 g/mol. The zero-order chi connectivity index (χ0) is 12.7. The maximum absolute atomic E-state index is 11.7. The van der Waals surface area contributed by atoms with E-state index in [1.807, 2.05) is 0 Å². The van der Waals surface area contributed by atoms with Crippen LogP contribution in [0.15, 0.2) is 24.3 Å². The van der Waals surface area contributed by atoms with E-state index in [9.17, 15) is 13.2 Å². The first-order valence-electron chi connectivity index (χ1n) is 5.44. The summed E-state index contributed by atoms with van der Waals surface area (Å²) >= 11 is 0. The van der Waals surface area contributed by atoms with Crippen molar-refractivity contribution < 1.29 is 13.2 Å². The third kappa shape index (κ3) is 2.00. The van der Waals surface area contributed by atoms with Crippen molar-refractivity contribution in [2.75, 3.05) is 12.8 Å². The molecule has 0 aromatic heterocycles. The summed E-state index contributed by atoms with van der Waals surface area (Å²) in [5, 5.41) is 0. The van der Waals surface area contributed by atoms with Gasteiger partial charge >= 0.3 is 0 Å². The predicted molar refractivity (Wildman–Crippen MR) is 65.6 cm³/mol. The summed E-state index contributed by atoms with van der Waals surface area (Å²) < 4.78 is 22.7. The predicted octanol–water partition coefficient (Wildman–Crippen LogP) is 0.862. The highest BCUT2D eigenvalue weighted by Crippen LogP contribution is 2.52. The molecule has 0 spiro atoms. The van der Waals surface area contributed by atoms with E-state index in [1.54, 1.807) is 24.3 Å². The summed E-state index contributed by atoms with van der Waals surface area (Å²) in [7, 11) is -3.09. The van der Waals surface area contributed by atoms with Crippen LogP contribution < -0.4 is 5.73 Å². The molecule has 92 valence electrons. The molecule has 2 rings (SSSR count). The van der Waals surface area contributed by atoms with Gasteiger partial charge in [0.1, 0.15) is 0 Å². The number of ketones is 1. The minimum Gasteiger partial charge on any atom is -0.324 e. The van der Waals surface area contributed by atoms with Crippen molar-refractivity contribution in [3.8, 4) is 0 Å². The van der Waals surface area contributed by atoms with Gasteiger partial charge in [-0.15, -0.1) is 0 Å². The summed E-state index contributed by atoms with van der Waals surface area (Å²) in [6, 6.07) is 6.74. The van der Waals surface area contributed by atoms with Crippen LogP contribution in [-0.4, -0.2) is 27.0 Å². The molecule has 1 aromatic carbocycles. The highest BCUT2D eigenvalue weighted by Gasteiger charge is 2.53. The quantitative estimate of drug-likeness (QED) is 0.807. The second-order valence-electron chi connectivity index (χ2n) is 4.47. The number of Topliss-reactive ketones (excluding diaryl/α,β-unsaturated/α-hetero) is 1. The van der Waals surface area contributed by atoms with Crippen LogP contribution in [0.4, 0.5) is 0 Å². The van der Waals surface area contributed by atoms with Gasteiger partial charge in [-0.1, -0.05) is 24.3 Å². The van der Waals surface area contributed by atoms with Crippen molar-refractivity contribution in [3.05, 3.63) is 35.4 Å². The zero-order valence-electron chi connectivity index (χ0n) is 9.64. The molecule has 0 unspecified atom stereocenters. The Kier molecular flexibility index (Phi) is 2.83. The minimum atomic E-state index is -3.09. The van der Waals surface area contributed by atoms with E-state index in [2.05, 4.69) is 0 Å². The number of rotatable bonds is 4. The van der Waals surface area contributed by atoms with Gasteiger partial charge in [0.2, 0.25) is 0 Å². The van der Waals surface area contributed by atoms with Crippen molar-refractivity contribution in [1.82, 2.24) is 0 Å². The fourth-order valence-electron chi connectivity index (χ4n) is 2.06. The van der Waals surface area contributed by atoms with Gasteiger partial charge in [0.25, 0.3) is 0 Å². The van der Waals surface area contributed by atoms with E-state index in [-0.39, 0.29) is 12.3 Å². The Balaban J connectivity index is 2.34. The number of sulfone groups is 1. The van der Waals surface area contributed by atoms with Gasteiger partial charge in [0.05, 0.1) is 11.3 Å². The molecule has 17 heavy (non-hydrogen) atoms. The largest absolute Gasteiger partial charge is 0.324 e. The number of hydrogen-bond donors (Lipinski definition) is 1. The molecule has 0 amide bonds. The summed E-state index contributed by atoms with van der Waals surface area (Å²) in [4.78, 5) is 11.3. The Morgan fingerprint density at radius 2 is 1.82 bits per heavy atom. The lowest BCUT2D eigenvalue weighted by Crippen LogP contribution is -2.19. The molecule has 2 N–H and O–H groups in total. The molecular formula is C12H15NO3S. The monoisotopic (exact) mass is 253 g/mol. The summed E-state index contributed by atoms with van der Waals surface area (Å²) in [5.74, 6) is -0.138. The van der Waals surface area contributed by atoms with Crippen molar-refractivity contribution in [3.63, 3.8) is 0 Å². The molecule has 5 heteroatoms. The van der Waals surface area contributed by atoms with Gasteiger partial charge in [0, 0.05) is 11.8 Å². The molecule has 0 aliphatic heterocycles. The first-order chi connectivity index (χ1) is 7.90. The van der Waals surface area contributed by atoms with Gasteiger partial charge < -0.3 is 5.73 Å². The smallest absolute Gasteiger partial charge is 0.176 e. The Labute approximate surface area is 101 Å². The average Bonchev–Trinajstić information content (AvgIpc) is 3.08. The molecule has 1 aliphatic carbocycles. The highest BCUT2D eigenvalue weighted by molar-refractivity contribution is 7.92. The maximum Gasteiger partial charge on any atom is 0.176 e. The summed E-state index contributed by atoms with van der Waals surface area (Å²) in [5.41, 5.74) is 6.56. The Morgan fingerprint density at radius 1 is 1.29 bits per heavy atom. The van der Waals surface area contributed by atoms with Crippen LogP contribution in [0.3, 0.4) is 0 Å². The third-order valence-corrected chi connectivity index (χ3v) is 5.40. The molecule has 1 saturated carbocycles. The van der Waals surface area contributed by atoms with E-state index in [0.29, 0.717) is 18.4 Å². The van der Waals surface area contributed by atoms with Crippen molar-refractivity contribution in [2.45, 2.75) is 17.6 Å². The van der Waals surface area contributed by atoms with Gasteiger partial charge in [-0.2, -0.15) is 0 Å². The molecule has 0 saturated heterocycles. The maximum atomic E-state index is 11.7. The van der Waals surface area contributed by atoms with Crippen molar-refractivity contribution >= 4 is 15.6 Å². The topological polar surface area (TPSA) is 77.2 Å². The molecule has 1 aromatic rings. The van der Waals surface area contributed by atoms with Crippen LogP contribution in [-0.2, 0) is 14.6 Å². The van der Waals surface area contributed by atoms with E-state index in [0.717, 1.165) is 5.56 Å². The highest BCUT2D eigenvalue weighted by atomic mass is 32.2. The molecule has 0 heterocycles. The van der Waals surface area contributed by atoms with Crippen LogP contribution in [0.2, 0.25) is 0 Å². The van der Waals surface area contributed by atoms with Gasteiger partial charge in [-0.05, 0) is 18.4 Å². The minimum absolute atomic E-state index is 0.0312. The second kappa shape index (κ2) is 3.92. The van der Waals surface area contributed by atoms with E-state index in [4.69, 9.17) is 5.73 Å². The SMILES string of the molecule is CS(=O)(=O)C1(c2ccc(C(=O)CN)cc2)CC1. The first-order valence-corrected chi connectivity index (χ1v) is 7.33. The molecule has 1 aliphatic rings. The van der Waals surface area contributed by atoms with Crippen molar-refractivity contribution in [2.24, 2.45) is 5.73 Å². The van der Waals surface area contributed by atoms with Crippen LogP contribution in [0.5, 0.6) is 0 Å². The molecule has 0 atom stereocenters. The Bertz CT molecular complexity index is 542. The number of benzene rings is 1. The fraction of sp³-hybridized carbons (Fsp3) is 0.417. The number of carbonyl (C=O) groups excluding carboxylic acids is 1. The van der Waals surface area contributed by atoms with Crippen LogP contribution in [0.25, 0.3) is 0 Å². The van der Waals surface area contributed by atoms with E-state index < -0.39 is 14.6 Å². The molecule has 1 fully saturated rings. The Morgan fingerprint density at radius 3 is 2.18 bits per heavy atom. The van der Waals surface area contributed by atoms with Crippen LogP contribution >= 0.6 is 0 Å². The number of carbonyl (C=O) groups is 1. The normalized spacial score (nSPS) is 17.8. The zero-order valence-corrected chi connectivity index (χ0v) is 10.5. The second-order valence-corrected chi connectivity index (χ2v) is 6.80. The van der Waals surface area contributed by atoms with Gasteiger partial charge in [-0.25, -0.2) is 8.42 Å². The molecule has 4 nitrogen and oxygen atoms in total. The van der Waals surface area contributed by atoms with Crippen molar-refractivity contribution in [1.29, 1.82) is 0 Å². The lowest BCUT2D eigenvalue weighted by molar-refractivity contribution is 0.100. The summed E-state index contributed by atoms with van der Waals surface area (Å²) in [6.07, 6.45) is 2.59. The molecule has 0 bridgehead atoms. The van der Waals surface area contributed by atoms with E-state index in [1.165, 1.54) is 6.26 Å². The van der Waals surface area contributed by atoms with Crippen LogP contribution in [0.1, 0.15) is 28.8 Å². The number of hydrogen-bond acceptors (Lipinski definition) is 4. The lowest BCUT2D eigenvalue weighted by Gasteiger charge is -2.13. The summed E-state index contributed by atoms with van der Waals surface area (Å²) in [6.45, 7) is -0.0312. The van der Waals surface area contributed by atoms with Gasteiger partial charge in [0.15, 0.2) is 15.6 Å². The van der Waals surface area contributed by atoms with Crippen LogP contribution in [0, 0.1) is 0 Å². The molecular weight excluding hydrogens is 238 g/mol.